The molecule has 0 unspecified atom stereocenters. The lowest BCUT2D eigenvalue weighted by molar-refractivity contribution is -0.119. The van der Waals surface area contributed by atoms with E-state index in [-0.39, 0.29) is 5.78 Å². The normalized spacial score (nSPS) is 15.4. The second-order valence-corrected chi connectivity index (χ2v) is 7.06. The minimum atomic E-state index is 0.212. The van der Waals surface area contributed by atoms with Gasteiger partial charge < -0.3 is 0 Å². The SMILES string of the molecule is Cn1cc(-c2ccc3nnc(CC(=O)CN4CCCCC4)cc3c2)cn1. The average Bonchev–Trinajstić information content (AvgIpc) is 3.08. The van der Waals surface area contributed by atoms with Gasteiger partial charge in [0.05, 0.1) is 30.4 Å². The molecule has 0 bridgehead atoms. The lowest BCUT2D eigenvalue weighted by atomic mass is 10.1. The van der Waals surface area contributed by atoms with Gasteiger partial charge in [-0.2, -0.15) is 15.3 Å². The number of aromatic nitrogens is 4. The molecule has 1 aromatic carbocycles. The van der Waals surface area contributed by atoms with Crippen molar-refractivity contribution in [3.8, 4) is 11.1 Å². The van der Waals surface area contributed by atoms with Crippen molar-refractivity contribution in [3.05, 3.63) is 42.4 Å². The number of fused-ring (bicyclic) bond motifs is 1. The van der Waals surface area contributed by atoms with Crippen LogP contribution >= 0.6 is 0 Å². The van der Waals surface area contributed by atoms with E-state index in [0.717, 1.165) is 40.8 Å². The monoisotopic (exact) mass is 349 g/mol. The van der Waals surface area contributed by atoms with E-state index in [0.29, 0.717) is 13.0 Å². The van der Waals surface area contributed by atoms with Gasteiger partial charge in [-0.05, 0) is 49.7 Å². The zero-order valence-corrected chi connectivity index (χ0v) is 15.1. The molecular formula is C20H23N5O. The molecule has 0 atom stereocenters. The summed E-state index contributed by atoms with van der Waals surface area (Å²) in [5.41, 5.74) is 3.73. The molecule has 134 valence electrons. The Morgan fingerprint density at radius 2 is 1.92 bits per heavy atom. The minimum Gasteiger partial charge on any atom is -0.298 e. The van der Waals surface area contributed by atoms with E-state index in [4.69, 9.17) is 0 Å². The number of rotatable bonds is 5. The molecule has 0 N–H and O–H groups in total. The van der Waals surface area contributed by atoms with Gasteiger partial charge in [0.15, 0.2) is 5.78 Å². The topological polar surface area (TPSA) is 63.9 Å². The van der Waals surface area contributed by atoms with Gasteiger partial charge in [0, 0.05) is 24.2 Å². The number of piperidine rings is 1. The molecule has 3 heterocycles. The summed E-state index contributed by atoms with van der Waals surface area (Å²) in [7, 11) is 1.90. The number of likely N-dealkylation sites (tertiary alicyclic amines) is 1. The van der Waals surface area contributed by atoms with Gasteiger partial charge in [-0.25, -0.2) is 0 Å². The van der Waals surface area contributed by atoms with E-state index >= 15 is 0 Å². The fourth-order valence-electron chi connectivity index (χ4n) is 3.55. The quantitative estimate of drug-likeness (QED) is 0.708. The van der Waals surface area contributed by atoms with Crippen molar-refractivity contribution in [1.82, 2.24) is 24.9 Å². The molecule has 0 spiro atoms. The summed E-state index contributed by atoms with van der Waals surface area (Å²) >= 11 is 0. The molecule has 0 radical (unpaired) electrons. The second kappa shape index (κ2) is 7.33. The van der Waals surface area contributed by atoms with Gasteiger partial charge in [0.1, 0.15) is 0 Å². The van der Waals surface area contributed by atoms with Crippen LogP contribution in [-0.2, 0) is 18.3 Å². The van der Waals surface area contributed by atoms with E-state index < -0.39 is 0 Å². The van der Waals surface area contributed by atoms with E-state index in [9.17, 15) is 4.79 Å². The van der Waals surface area contributed by atoms with Crippen molar-refractivity contribution >= 4 is 16.7 Å². The van der Waals surface area contributed by atoms with Gasteiger partial charge in [-0.1, -0.05) is 12.5 Å². The summed E-state index contributed by atoms with van der Waals surface area (Å²) in [5.74, 6) is 0.212. The molecule has 1 aliphatic heterocycles. The number of carbonyl (C=O) groups excluding carboxylic acids is 1. The fraction of sp³-hybridized carbons (Fsp3) is 0.400. The number of Topliss-reactive ketones (excluding diaryl/α,β-unsaturated/α-hetero) is 1. The molecule has 26 heavy (non-hydrogen) atoms. The summed E-state index contributed by atoms with van der Waals surface area (Å²) in [5, 5.41) is 13.8. The van der Waals surface area contributed by atoms with Crippen LogP contribution in [0, 0.1) is 0 Å². The van der Waals surface area contributed by atoms with Gasteiger partial charge in [-0.15, -0.1) is 0 Å². The maximum Gasteiger partial charge on any atom is 0.152 e. The second-order valence-electron chi connectivity index (χ2n) is 7.06. The number of hydrogen-bond donors (Lipinski definition) is 0. The Hall–Kier alpha value is -2.60. The highest BCUT2D eigenvalue weighted by molar-refractivity contribution is 5.86. The molecule has 0 amide bonds. The molecule has 6 nitrogen and oxygen atoms in total. The van der Waals surface area contributed by atoms with Crippen molar-refractivity contribution in [2.75, 3.05) is 19.6 Å². The van der Waals surface area contributed by atoms with Crippen molar-refractivity contribution in [1.29, 1.82) is 0 Å². The Balaban J connectivity index is 1.51. The predicted molar refractivity (Wildman–Crippen MR) is 101 cm³/mol. The van der Waals surface area contributed by atoms with Crippen molar-refractivity contribution < 1.29 is 4.79 Å². The third kappa shape index (κ3) is 3.80. The standard InChI is InChI=1S/C20H23N5O/c1-24-13-17(12-21-24)15-5-6-20-16(9-15)10-18(22-23-20)11-19(26)14-25-7-3-2-4-8-25/h5-6,9-10,12-13H,2-4,7-8,11,14H2,1H3. The smallest absolute Gasteiger partial charge is 0.152 e. The van der Waals surface area contributed by atoms with Crippen LogP contribution in [0.5, 0.6) is 0 Å². The highest BCUT2D eigenvalue weighted by Gasteiger charge is 2.15. The Kier molecular flexibility index (Phi) is 4.75. The molecule has 2 aromatic heterocycles. The van der Waals surface area contributed by atoms with Crippen molar-refractivity contribution in [2.45, 2.75) is 25.7 Å². The van der Waals surface area contributed by atoms with Crippen LogP contribution < -0.4 is 0 Å². The van der Waals surface area contributed by atoms with E-state index in [1.54, 1.807) is 4.68 Å². The van der Waals surface area contributed by atoms with Crippen molar-refractivity contribution in [2.24, 2.45) is 7.05 Å². The number of nitrogens with zero attached hydrogens (tertiary/aromatic N) is 5. The summed E-state index contributed by atoms with van der Waals surface area (Å²) < 4.78 is 1.79. The van der Waals surface area contributed by atoms with Crippen LogP contribution in [0.4, 0.5) is 0 Å². The molecular weight excluding hydrogens is 326 g/mol. The van der Waals surface area contributed by atoms with Crippen LogP contribution in [-0.4, -0.2) is 50.3 Å². The van der Waals surface area contributed by atoms with Crippen LogP contribution in [0.1, 0.15) is 25.0 Å². The number of aryl methyl sites for hydroxylation is 1. The molecule has 0 aliphatic carbocycles. The zero-order chi connectivity index (χ0) is 17.9. The molecule has 0 saturated carbocycles. The third-order valence-corrected chi connectivity index (χ3v) is 4.90. The lowest BCUT2D eigenvalue weighted by Crippen LogP contribution is -2.35. The summed E-state index contributed by atoms with van der Waals surface area (Å²) in [6.07, 6.45) is 7.84. The highest BCUT2D eigenvalue weighted by atomic mass is 16.1. The highest BCUT2D eigenvalue weighted by Crippen LogP contribution is 2.23. The van der Waals surface area contributed by atoms with E-state index in [1.165, 1.54) is 19.3 Å². The molecule has 4 rings (SSSR count). The van der Waals surface area contributed by atoms with Gasteiger partial charge in [0.2, 0.25) is 0 Å². The first-order valence-corrected chi connectivity index (χ1v) is 9.17. The minimum absolute atomic E-state index is 0.212. The Morgan fingerprint density at radius 1 is 1.08 bits per heavy atom. The van der Waals surface area contributed by atoms with Crippen LogP contribution in [0.3, 0.4) is 0 Å². The number of carbonyl (C=O) groups is 1. The summed E-state index contributed by atoms with van der Waals surface area (Å²) in [4.78, 5) is 14.6. The third-order valence-electron chi connectivity index (χ3n) is 4.90. The predicted octanol–water partition coefficient (Wildman–Crippen LogP) is 2.63. The van der Waals surface area contributed by atoms with Crippen LogP contribution in [0.25, 0.3) is 22.0 Å². The number of ketones is 1. The first-order chi connectivity index (χ1) is 12.7. The molecule has 1 fully saturated rings. The first kappa shape index (κ1) is 16.8. The van der Waals surface area contributed by atoms with Crippen LogP contribution in [0.15, 0.2) is 36.7 Å². The van der Waals surface area contributed by atoms with Gasteiger partial charge in [0.25, 0.3) is 0 Å². The van der Waals surface area contributed by atoms with Crippen molar-refractivity contribution in [3.63, 3.8) is 0 Å². The maximum atomic E-state index is 12.4. The molecule has 1 aliphatic rings. The lowest BCUT2D eigenvalue weighted by Gasteiger charge is -2.25. The van der Waals surface area contributed by atoms with E-state index in [2.05, 4.69) is 26.3 Å². The van der Waals surface area contributed by atoms with Gasteiger partial charge >= 0.3 is 0 Å². The number of hydrogen-bond acceptors (Lipinski definition) is 5. The fourth-order valence-corrected chi connectivity index (χ4v) is 3.55. The largest absolute Gasteiger partial charge is 0.298 e. The number of benzene rings is 1. The average molecular weight is 349 g/mol. The van der Waals surface area contributed by atoms with Gasteiger partial charge in [-0.3, -0.25) is 14.4 Å². The molecule has 1 saturated heterocycles. The Labute approximate surface area is 152 Å². The zero-order valence-electron chi connectivity index (χ0n) is 15.1. The first-order valence-electron chi connectivity index (χ1n) is 9.17. The Morgan fingerprint density at radius 3 is 2.69 bits per heavy atom. The maximum absolute atomic E-state index is 12.4. The summed E-state index contributed by atoms with van der Waals surface area (Å²) in [6.45, 7) is 2.59. The molecule has 3 aromatic rings. The summed E-state index contributed by atoms with van der Waals surface area (Å²) in [6, 6.07) is 8.05. The van der Waals surface area contributed by atoms with Crippen LogP contribution in [0.2, 0.25) is 0 Å². The van der Waals surface area contributed by atoms with E-state index in [1.807, 2.05) is 37.6 Å². The molecule has 6 heteroatoms. The Bertz CT molecular complexity index is 927.